The number of rotatable bonds is 4. The summed E-state index contributed by atoms with van der Waals surface area (Å²) >= 11 is -0.851. The Morgan fingerprint density at radius 2 is 2.25 bits per heavy atom. The van der Waals surface area contributed by atoms with Crippen LogP contribution in [0.5, 0.6) is 0 Å². The fourth-order valence-corrected chi connectivity index (χ4v) is 1.40. The Morgan fingerprint density at radius 3 is 2.62 bits per heavy atom. The molecule has 50 valence electrons. The van der Waals surface area contributed by atoms with E-state index < -0.39 is 20.4 Å². The average Bonchev–Trinajstić information content (AvgIpc) is 1.69. The summed E-state index contributed by atoms with van der Waals surface area (Å²) in [6.45, 7) is 3.02. The fraction of sp³-hybridized carbons (Fsp3) is 1.00. The Balaban J connectivity index is 0. The summed E-state index contributed by atoms with van der Waals surface area (Å²) in [5.41, 5.74) is 0. The summed E-state index contributed by atoms with van der Waals surface area (Å²) in [5, 5.41) is 0. The van der Waals surface area contributed by atoms with Crippen LogP contribution in [-0.2, 0) is 3.07 Å². The second kappa shape index (κ2) is 10.9. The van der Waals surface area contributed by atoms with Crippen LogP contribution in [0.3, 0.4) is 0 Å². The molecule has 0 bridgehead atoms. The summed E-state index contributed by atoms with van der Waals surface area (Å²) in [7, 11) is 5.39. The molecule has 0 saturated carbocycles. The molecule has 8 heavy (non-hydrogen) atoms. The van der Waals surface area contributed by atoms with E-state index in [9.17, 15) is 0 Å². The molecule has 0 aromatic rings. The number of hydrogen-bond acceptors (Lipinski definition) is 1. The zero-order chi connectivity index (χ0) is 5.54. The molecule has 0 spiro atoms. The SMILES string of the molecule is CCCC[O][Sn][Cl].O. The number of unbranched alkanes of at least 4 members (excludes halogenated alkanes) is 1. The first-order chi connectivity index (χ1) is 3.41. The summed E-state index contributed by atoms with van der Waals surface area (Å²) in [6, 6.07) is 0. The van der Waals surface area contributed by atoms with Gasteiger partial charge in [-0.15, -0.1) is 0 Å². The Kier molecular flexibility index (Phi) is 16.0. The molecule has 4 heteroatoms. The number of halogens is 1. The summed E-state index contributed by atoms with van der Waals surface area (Å²) in [5.74, 6) is 0. The van der Waals surface area contributed by atoms with Crippen molar-refractivity contribution in [1.29, 1.82) is 0 Å². The summed E-state index contributed by atoms with van der Waals surface area (Å²) in [4.78, 5) is 0. The van der Waals surface area contributed by atoms with Crippen molar-refractivity contribution in [3.63, 3.8) is 0 Å². The average molecular weight is 245 g/mol. The maximum absolute atomic E-state index is 5.39. The smallest absolute Gasteiger partial charge is 0.412 e. The standard InChI is InChI=1S/C4H9O.ClH.H2O.Sn/c1-2-3-4-5;;;/h2-4H2,1H3;1H;1H2;/q-1;;;+2/p-1. The van der Waals surface area contributed by atoms with Crippen LogP contribution in [0.1, 0.15) is 19.8 Å². The minimum Gasteiger partial charge on any atom is -0.412 e. The van der Waals surface area contributed by atoms with Gasteiger partial charge in [0.2, 0.25) is 0 Å². The zero-order valence-corrected chi connectivity index (χ0v) is 8.52. The quantitative estimate of drug-likeness (QED) is 0.532. The van der Waals surface area contributed by atoms with Gasteiger partial charge in [0, 0.05) is 0 Å². The van der Waals surface area contributed by atoms with E-state index in [4.69, 9.17) is 12.0 Å². The van der Waals surface area contributed by atoms with Gasteiger partial charge in [-0.05, 0) is 0 Å². The van der Waals surface area contributed by atoms with Gasteiger partial charge in [0.25, 0.3) is 0 Å². The molecular formula is C4H11ClO2Sn. The van der Waals surface area contributed by atoms with Gasteiger partial charge in [-0.25, -0.2) is 0 Å². The molecule has 0 rings (SSSR count). The van der Waals surface area contributed by atoms with Gasteiger partial charge in [-0.2, -0.15) is 0 Å². The van der Waals surface area contributed by atoms with Crippen molar-refractivity contribution in [2.45, 2.75) is 19.8 Å². The normalized spacial score (nSPS) is 8.25. The minimum atomic E-state index is -0.851. The van der Waals surface area contributed by atoms with Gasteiger partial charge in [-0.1, -0.05) is 0 Å². The molecule has 2 radical (unpaired) electrons. The van der Waals surface area contributed by atoms with Crippen LogP contribution < -0.4 is 0 Å². The molecule has 0 amide bonds. The van der Waals surface area contributed by atoms with Gasteiger partial charge in [0.15, 0.2) is 0 Å². The molecule has 0 aliphatic rings. The van der Waals surface area contributed by atoms with Crippen LogP contribution in [0.2, 0.25) is 0 Å². The molecule has 0 heterocycles. The third-order valence-corrected chi connectivity index (χ3v) is 2.28. The van der Waals surface area contributed by atoms with E-state index in [-0.39, 0.29) is 5.48 Å². The summed E-state index contributed by atoms with van der Waals surface area (Å²) in [6.07, 6.45) is 2.36. The van der Waals surface area contributed by atoms with Crippen LogP contribution >= 0.6 is 8.92 Å². The van der Waals surface area contributed by atoms with Crippen molar-refractivity contribution < 1.29 is 8.55 Å². The molecular weight excluding hydrogens is 234 g/mol. The molecule has 0 atom stereocenters. The second-order valence-electron chi connectivity index (χ2n) is 1.28. The maximum atomic E-state index is 5.39. The van der Waals surface area contributed by atoms with Crippen molar-refractivity contribution in [2.24, 2.45) is 0 Å². The van der Waals surface area contributed by atoms with E-state index in [1.54, 1.807) is 0 Å². The van der Waals surface area contributed by atoms with Crippen molar-refractivity contribution in [3.05, 3.63) is 0 Å². The van der Waals surface area contributed by atoms with Crippen LogP contribution in [0, 0.1) is 0 Å². The first-order valence-corrected chi connectivity index (χ1v) is 7.17. The van der Waals surface area contributed by atoms with Gasteiger partial charge >= 0.3 is 58.8 Å². The zero-order valence-electron chi connectivity index (χ0n) is 4.91. The molecule has 2 N–H and O–H groups in total. The van der Waals surface area contributed by atoms with E-state index in [1.165, 1.54) is 6.42 Å². The van der Waals surface area contributed by atoms with Gasteiger partial charge in [-0.3, -0.25) is 0 Å². The van der Waals surface area contributed by atoms with Crippen LogP contribution in [-0.4, -0.2) is 32.5 Å². The van der Waals surface area contributed by atoms with E-state index in [0.717, 1.165) is 13.0 Å². The third-order valence-electron chi connectivity index (χ3n) is 0.655. The third kappa shape index (κ3) is 10.1. The van der Waals surface area contributed by atoms with E-state index in [2.05, 4.69) is 6.92 Å². The molecule has 0 unspecified atom stereocenters. The van der Waals surface area contributed by atoms with Crippen molar-refractivity contribution >= 4 is 29.4 Å². The topological polar surface area (TPSA) is 40.7 Å². The summed E-state index contributed by atoms with van der Waals surface area (Å²) < 4.78 is 5.01. The Morgan fingerprint density at radius 1 is 1.62 bits per heavy atom. The van der Waals surface area contributed by atoms with Gasteiger partial charge < -0.3 is 5.48 Å². The molecule has 0 fully saturated rings. The molecule has 0 aromatic heterocycles. The minimum absolute atomic E-state index is 0. The number of hydrogen-bond donors (Lipinski definition) is 0. The van der Waals surface area contributed by atoms with E-state index >= 15 is 0 Å². The molecule has 0 aliphatic heterocycles. The Labute approximate surface area is 64.3 Å². The fourth-order valence-electron chi connectivity index (χ4n) is 0.255. The predicted molar refractivity (Wildman–Crippen MR) is 36.1 cm³/mol. The van der Waals surface area contributed by atoms with Gasteiger partial charge in [0.05, 0.1) is 0 Å². The van der Waals surface area contributed by atoms with Crippen LogP contribution in [0.25, 0.3) is 0 Å². The van der Waals surface area contributed by atoms with E-state index in [0.29, 0.717) is 0 Å². The first-order valence-electron chi connectivity index (χ1n) is 2.39. The maximum Gasteiger partial charge on any atom is -0.412 e. The first kappa shape index (κ1) is 11.8. The van der Waals surface area contributed by atoms with Crippen LogP contribution in [0.15, 0.2) is 0 Å². The van der Waals surface area contributed by atoms with Gasteiger partial charge in [0.1, 0.15) is 0 Å². The predicted octanol–water partition coefficient (Wildman–Crippen LogP) is 0.751. The molecule has 0 aromatic carbocycles. The molecule has 0 aliphatic carbocycles. The Bertz CT molecular complexity index is 33.2. The largest absolute Gasteiger partial charge is 0.412 e. The van der Waals surface area contributed by atoms with E-state index in [1.807, 2.05) is 0 Å². The van der Waals surface area contributed by atoms with Crippen LogP contribution in [0.4, 0.5) is 0 Å². The Hall–Kier alpha value is 1.01. The van der Waals surface area contributed by atoms with Crippen molar-refractivity contribution in [2.75, 3.05) is 6.61 Å². The molecule has 2 nitrogen and oxygen atoms in total. The van der Waals surface area contributed by atoms with Crippen molar-refractivity contribution in [3.8, 4) is 0 Å². The molecule has 0 saturated heterocycles. The second-order valence-corrected chi connectivity index (χ2v) is 3.58. The monoisotopic (exact) mass is 246 g/mol. The van der Waals surface area contributed by atoms with Crippen molar-refractivity contribution in [1.82, 2.24) is 0 Å².